The molecule has 0 saturated heterocycles. The van der Waals surface area contributed by atoms with Gasteiger partial charge in [-0.15, -0.1) is 0 Å². The lowest BCUT2D eigenvalue weighted by atomic mass is 10.0. The van der Waals surface area contributed by atoms with Crippen molar-refractivity contribution in [2.45, 2.75) is 25.2 Å². The number of nitrogens with one attached hydrogen (secondary N) is 1. The summed E-state index contributed by atoms with van der Waals surface area (Å²) in [7, 11) is 1.65. The maximum atomic E-state index is 10.8. The van der Waals surface area contributed by atoms with Crippen molar-refractivity contribution >= 4 is 16.9 Å². The van der Waals surface area contributed by atoms with Crippen molar-refractivity contribution in [3.63, 3.8) is 0 Å². The molecule has 3 rings (SSSR count). The fourth-order valence-electron chi connectivity index (χ4n) is 2.87. The molecule has 0 bridgehead atoms. The number of carbonyl (C=O) groups is 1. The van der Waals surface area contributed by atoms with Crippen LogP contribution < -0.4 is 4.74 Å². The summed E-state index contributed by atoms with van der Waals surface area (Å²) in [6.45, 7) is 0. The van der Waals surface area contributed by atoms with Crippen LogP contribution in [-0.4, -0.2) is 23.2 Å². The molecule has 0 aliphatic heterocycles. The Labute approximate surface area is 105 Å². The molecule has 2 N–H and O–H groups in total. The average Bonchev–Trinajstić information content (AvgIpc) is 2.88. The third-order valence-corrected chi connectivity index (χ3v) is 3.72. The molecular weight excluding hydrogens is 230 g/mol. The van der Waals surface area contributed by atoms with E-state index in [0.29, 0.717) is 0 Å². The molecule has 0 radical (unpaired) electrons. The Morgan fingerprint density at radius 1 is 1.56 bits per heavy atom. The molecule has 1 heterocycles. The molecule has 0 spiro atoms. The average molecular weight is 245 g/mol. The summed E-state index contributed by atoms with van der Waals surface area (Å²) in [5.41, 5.74) is 3.42. The van der Waals surface area contributed by atoms with Crippen molar-refractivity contribution in [3.05, 3.63) is 29.5 Å². The Balaban J connectivity index is 2.07. The van der Waals surface area contributed by atoms with E-state index in [2.05, 4.69) is 4.98 Å². The second-order valence-corrected chi connectivity index (χ2v) is 4.76. The maximum Gasteiger partial charge on any atom is 0.304 e. The molecule has 2 aromatic rings. The summed E-state index contributed by atoms with van der Waals surface area (Å²) in [6, 6.07) is 5.93. The Kier molecular flexibility index (Phi) is 2.51. The fourth-order valence-corrected chi connectivity index (χ4v) is 2.87. The number of aromatic amines is 1. The molecule has 0 amide bonds. The number of fused-ring (bicyclic) bond motifs is 3. The molecule has 0 fully saturated rings. The molecule has 1 aliphatic carbocycles. The first-order valence-electron chi connectivity index (χ1n) is 6.09. The first-order valence-corrected chi connectivity index (χ1v) is 6.09. The van der Waals surface area contributed by atoms with E-state index in [0.717, 1.165) is 35.2 Å². The van der Waals surface area contributed by atoms with Gasteiger partial charge in [0, 0.05) is 22.5 Å². The lowest BCUT2D eigenvalue weighted by molar-refractivity contribution is -0.137. The zero-order valence-corrected chi connectivity index (χ0v) is 10.2. The number of aryl methyl sites for hydroxylation is 1. The van der Waals surface area contributed by atoms with Gasteiger partial charge >= 0.3 is 5.97 Å². The van der Waals surface area contributed by atoms with Gasteiger partial charge in [0.25, 0.3) is 0 Å². The van der Waals surface area contributed by atoms with E-state index in [4.69, 9.17) is 9.84 Å². The predicted octanol–water partition coefficient (Wildman–Crippen LogP) is 2.68. The van der Waals surface area contributed by atoms with Crippen molar-refractivity contribution in [2.24, 2.45) is 0 Å². The number of carboxylic acids is 1. The van der Waals surface area contributed by atoms with Crippen molar-refractivity contribution < 1.29 is 14.6 Å². The number of methoxy groups -OCH3 is 1. The highest BCUT2D eigenvalue weighted by molar-refractivity contribution is 5.87. The normalized spacial score (nSPS) is 17.9. The zero-order valence-electron chi connectivity index (χ0n) is 10.2. The molecule has 18 heavy (non-hydrogen) atoms. The second-order valence-electron chi connectivity index (χ2n) is 4.76. The minimum atomic E-state index is -0.732. The smallest absolute Gasteiger partial charge is 0.304 e. The maximum absolute atomic E-state index is 10.8. The minimum Gasteiger partial charge on any atom is -0.497 e. The lowest BCUT2D eigenvalue weighted by Gasteiger charge is -2.05. The number of hydrogen-bond acceptors (Lipinski definition) is 2. The number of benzene rings is 1. The van der Waals surface area contributed by atoms with Gasteiger partial charge in [0.05, 0.1) is 13.5 Å². The van der Waals surface area contributed by atoms with E-state index in [9.17, 15) is 4.79 Å². The molecule has 0 unspecified atom stereocenters. The van der Waals surface area contributed by atoms with Crippen LogP contribution in [0.1, 0.15) is 30.0 Å². The van der Waals surface area contributed by atoms with Gasteiger partial charge in [-0.25, -0.2) is 0 Å². The van der Waals surface area contributed by atoms with E-state index in [1.165, 1.54) is 5.56 Å². The summed E-state index contributed by atoms with van der Waals surface area (Å²) in [4.78, 5) is 14.2. The van der Waals surface area contributed by atoms with Gasteiger partial charge in [-0.2, -0.15) is 0 Å². The molecular formula is C14H15NO3. The van der Waals surface area contributed by atoms with Crippen LogP contribution in [0.4, 0.5) is 0 Å². The number of H-pyrrole nitrogens is 1. The van der Waals surface area contributed by atoms with Crippen LogP contribution in [0, 0.1) is 0 Å². The van der Waals surface area contributed by atoms with Crippen molar-refractivity contribution in [2.75, 3.05) is 7.11 Å². The second kappa shape index (κ2) is 4.05. The summed E-state index contributed by atoms with van der Waals surface area (Å²) in [5.74, 6) is 0.228. The van der Waals surface area contributed by atoms with Gasteiger partial charge < -0.3 is 14.8 Å². The summed E-state index contributed by atoms with van der Waals surface area (Å²) < 4.78 is 5.23. The van der Waals surface area contributed by atoms with Crippen LogP contribution in [0.2, 0.25) is 0 Å². The zero-order chi connectivity index (χ0) is 12.7. The van der Waals surface area contributed by atoms with Gasteiger partial charge in [-0.3, -0.25) is 4.79 Å². The van der Waals surface area contributed by atoms with Gasteiger partial charge in [-0.05, 0) is 36.6 Å². The number of ether oxygens (including phenoxy) is 1. The van der Waals surface area contributed by atoms with Gasteiger partial charge in [0.2, 0.25) is 0 Å². The van der Waals surface area contributed by atoms with Crippen LogP contribution in [0.25, 0.3) is 10.9 Å². The van der Waals surface area contributed by atoms with Crippen LogP contribution in [-0.2, 0) is 11.2 Å². The largest absolute Gasteiger partial charge is 0.497 e. The van der Waals surface area contributed by atoms with E-state index in [1.807, 2.05) is 18.2 Å². The summed E-state index contributed by atoms with van der Waals surface area (Å²) in [6.07, 6.45) is 2.07. The standard InChI is InChI=1S/C14H15NO3/c1-18-9-3-5-12-11(7-9)10-4-2-8(6-13(16)17)14(10)15-12/h3,5,7-8,15H,2,4,6H2,1H3,(H,16,17)/t8-/m0/s1. The van der Waals surface area contributed by atoms with Crippen LogP contribution in [0.3, 0.4) is 0 Å². The molecule has 0 saturated carbocycles. The fraction of sp³-hybridized carbons (Fsp3) is 0.357. The van der Waals surface area contributed by atoms with Crippen LogP contribution in [0.5, 0.6) is 5.75 Å². The van der Waals surface area contributed by atoms with Gasteiger partial charge in [0.15, 0.2) is 0 Å². The van der Waals surface area contributed by atoms with E-state index in [-0.39, 0.29) is 12.3 Å². The van der Waals surface area contributed by atoms with Crippen molar-refractivity contribution in [3.8, 4) is 5.75 Å². The third kappa shape index (κ3) is 1.65. The van der Waals surface area contributed by atoms with Gasteiger partial charge in [-0.1, -0.05) is 0 Å². The molecule has 1 aliphatic rings. The molecule has 1 aromatic heterocycles. The van der Waals surface area contributed by atoms with E-state index < -0.39 is 5.97 Å². The molecule has 1 atom stereocenters. The number of rotatable bonds is 3. The summed E-state index contributed by atoms with van der Waals surface area (Å²) >= 11 is 0. The highest BCUT2D eigenvalue weighted by atomic mass is 16.5. The monoisotopic (exact) mass is 245 g/mol. The quantitative estimate of drug-likeness (QED) is 0.873. The van der Waals surface area contributed by atoms with Crippen molar-refractivity contribution in [1.82, 2.24) is 4.98 Å². The minimum absolute atomic E-state index is 0.121. The number of aliphatic carboxylic acids is 1. The highest BCUT2D eigenvalue weighted by Gasteiger charge is 2.28. The first-order chi connectivity index (χ1) is 8.69. The number of carboxylic acid groups (broad SMARTS) is 1. The molecule has 94 valence electrons. The Morgan fingerprint density at radius 2 is 2.39 bits per heavy atom. The number of hydrogen-bond donors (Lipinski definition) is 2. The SMILES string of the molecule is COc1ccc2[nH]c3c(c2c1)CC[C@H]3CC(=O)O. The first kappa shape index (κ1) is 11.1. The Bertz CT molecular complexity index is 615. The van der Waals surface area contributed by atoms with Crippen LogP contribution in [0.15, 0.2) is 18.2 Å². The topological polar surface area (TPSA) is 62.3 Å². The molecule has 4 heteroatoms. The Morgan fingerprint density at radius 3 is 3.11 bits per heavy atom. The number of aromatic nitrogens is 1. The highest BCUT2D eigenvalue weighted by Crippen LogP contribution is 2.40. The Hall–Kier alpha value is -1.97. The molecule has 4 nitrogen and oxygen atoms in total. The van der Waals surface area contributed by atoms with Gasteiger partial charge in [0.1, 0.15) is 5.75 Å². The van der Waals surface area contributed by atoms with Crippen molar-refractivity contribution in [1.29, 1.82) is 0 Å². The lowest BCUT2D eigenvalue weighted by Crippen LogP contribution is -2.03. The van der Waals surface area contributed by atoms with Crippen LogP contribution >= 0.6 is 0 Å². The molecule has 1 aromatic carbocycles. The third-order valence-electron chi connectivity index (χ3n) is 3.72. The van der Waals surface area contributed by atoms with E-state index in [1.54, 1.807) is 7.11 Å². The summed E-state index contributed by atoms with van der Waals surface area (Å²) in [5, 5.41) is 10.1. The van der Waals surface area contributed by atoms with E-state index >= 15 is 0 Å². The predicted molar refractivity (Wildman–Crippen MR) is 68.2 cm³/mol.